The average Bonchev–Trinajstić information content (AvgIpc) is 2.88. The molecule has 108 valence electrons. The number of hydrogen-bond donors (Lipinski definition) is 1. The second kappa shape index (κ2) is 8.09. The molecule has 2 aromatic heterocycles. The van der Waals surface area contributed by atoms with E-state index < -0.39 is 0 Å². The van der Waals surface area contributed by atoms with Crippen LogP contribution in [-0.2, 0) is 17.7 Å². The van der Waals surface area contributed by atoms with Gasteiger partial charge in [0.2, 0.25) is 0 Å². The second-order valence-electron chi connectivity index (χ2n) is 4.52. The first-order valence-electron chi connectivity index (χ1n) is 6.94. The van der Waals surface area contributed by atoms with Gasteiger partial charge in [-0.15, -0.1) is 11.3 Å². The minimum Gasteiger partial charge on any atom is -0.383 e. The summed E-state index contributed by atoms with van der Waals surface area (Å²) in [5, 5.41) is 4.40. The van der Waals surface area contributed by atoms with E-state index >= 15 is 0 Å². The molecule has 0 amide bonds. The molecule has 0 aliphatic heterocycles. The Hall–Kier alpha value is -1.30. The molecule has 2 rings (SSSR count). The molecule has 0 aliphatic rings. The lowest BCUT2D eigenvalue weighted by molar-refractivity contribution is 0.199. The minimum absolute atomic E-state index is 0.731. The number of nitrogens with one attached hydrogen (secondary N) is 1. The maximum absolute atomic E-state index is 5.05. The van der Waals surface area contributed by atoms with Crippen molar-refractivity contribution in [1.29, 1.82) is 0 Å². The molecule has 5 heteroatoms. The summed E-state index contributed by atoms with van der Waals surface area (Å²) < 4.78 is 5.05. The smallest absolute Gasteiger partial charge is 0.142 e. The lowest BCUT2D eigenvalue weighted by Gasteiger charge is -2.03. The van der Waals surface area contributed by atoms with E-state index in [1.165, 1.54) is 10.6 Å². The third kappa shape index (κ3) is 4.10. The Balaban J connectivity index is 2.11. The Morgan fingerprint density at radius 3 is 2.95 bits per heavy atom. The average molecular weight is 291 g/mol. The van der Waals surface area contributed by atoms with Crippen molar-refractivity contribution in [2.75, 3.05) is 20.3 Å². The Bertz CT molecular complexity index is 513. The number of ether oxygens (including phenoxy) is 1. The van der Waals surface area contributed by atoms with Crippen molar-refractivity contribution < 1.29 is 4.74 Å². The predicted octanol–water partition coefficient (Wildman–Crippen LogP) is 2.89. The Morgan fingerprint density at radius 1 is 1.35 bits per heavy atom. The van der Waals surface area contributed by atoms with Crippen molar-refractivity contribution in [1.82, 2.24) is 15.3 Å². The van der Waals surface area contributed by atoms with Crippen LogP contribution in [0.4, 0.5) is 0 Å². The van der Waals surface area contributed by atoms with E-state index in [0.717, 1.165) is 43.2 Å². The fraction of sp³-hybridized carbons (Fsp3) is 0.467. The van der Waals surface area contributed by atoms with Crippen LogP contribution < -0.4 is 5.32 Å². The highest BCUT2D eigenvalue weighted by Crippen LogP contribution is 2.27. The third-order valence-electron chi connectivity index (χ3n) is 2.92. The number of methoxy groups -OCH3 is 1. The first-order chi connectivity index (χ1) is 9.85. The second-order valence-corrected chi connectivity index (χ2v) is 5.61. The largest absolute Gasteiger partial charge is 0.383 e. The van der Waals surface area contributed by atoms with Crippen LogP contribution in [0.5, 0.6) is 0 Å². The van der Waals surface area contributed by atoms with Crippen LogP contribution in [0.15, 0.2) is 24.4 Å². The van der Waals surface area contributed by atoms with Crippen LogP contribution in [0, 0.1) is 0 Å². The monoisotopic (exact) mass is 291 g/mol. The lowest BCUT2D eigenvalue weighted by Crippen LogP contribution is -2.18. The minimum atomic E-state index is 0.731. The van der Waals surface area contributed by atoms with Crippen LogP contribution in [0.3, 0.4) is 0 Å². The van der Waals surface area contributed by atoms with Crippen molar-refractivity contribution in [2.24, 2.45) is 0 Å². The molecule has 1 N–H and O–H groups in total. The van der Waals surface area contributed by atoms with Gasteiger partial charge >= 0.3 is 0 Å². The van der Waals surface area contributed by atoms with Gasteiger partial charge in [0, 0.05) is 31.3 Å². The molecule has 2 heterocycles. The fourth-order valence-corrected chi connectivity index (χ4v) is 2.98. The van der Waals surface area contributed by atoms with Gasteiger partial charge in [-0.05, 0) is 18.6 Å². The van der Waals surface area contributed by atoms with Crippen LogP contribution in [0.25, 0.3) is 10.7 Å². The molecule has 4 nitrogen and oxygen atoms in total. The Morgan fingerprint density at radius 2 is 2.25 bits per heavy atom. The summed E-state index contributed by atoms with van der Waals surface area (Å²) in [6, 6.07) is 5.94. The van der Waals surface area contributed by atoms with Gasteiger partial charge in [-0.2, -0.15) is 0 Å². The molecule has 0 unspecified atom stereocenters. The summed E-state index contributed by atoms with van der Waals surface area (Å²) in [6.07, 6.45) is 3.94. The summed E-state index contributed by atoms with van der Waals surface area (Å²) in [5.41, 5.74) is 2.15. The summed E-state index contributed by atoms with van der Waals surface area (Å²) in [4.78, 5) is 10.4. The van der Waals surface area contributed by atoms with Crippen LogP contribution in [0.1, 0.15) is 23.9 Å². The van der Waals surface area contributed by atoms with E-state index in [9.17, 15) is 0 Å². The predicted molar refractivity (Wildman–Crippen MR) is 82.9 cm³/mol. The van der Waals surface area contributed by atoms with Gasteiger partial charge in [0.15, 0.2) is 0 Å². The molecule has 0 saturated heterocycles. The molecule has 0 spiro atoms. The number of pyridine rings is 1. The maximum Gasteiger partial charge on any atom is 0.142 e. The standard InChI is InChI=1S/C15H21N3OS/c1-3-6-12-14(11-16-9-10-19-2)20-15(18-12)13-7-4-5-8-17-13/h4-5,7-8,16H,3,6,9-11H2,1-2H3. The van der Waals surface area contributed by atoms with Gasteiger partial charge in [0.1, 0.15) is 5.01 Å². The van der Waals surface area contributed by atoms with E-state index in [1.807, 2.05) is 24.4 Å². The quantitative estimate of drug-likeness (QED) is 0.760. The third-order valence-corrected chi connectivity index (χ3v) is 4.04. The molecule has 0 atom stereocenters. The molecular weight excluding hydrogens is 270 g/mol. The van der Waals surface area contributed by atoms with Crippen molar-refractivity contribution >= 4 is 11.3 Å². The van der Waals surface area contributed by atoms with E-state index in [-0.39, 0.29) is 0 Å². The topological polar surface area (TPSA) is 47.0 Å². The van der Waals surface area contributed by atoms with Gasteiger partial charge in [-0.25, -0.2) is 4.98 Å². The van der Waals surface area contributed by atoms with E-state index in [2.05, 4.69) is 17.2 Å². The maximum atomic E-state index is 5.05. The molecule has 0 bridgehead atoms. The Labute approximate surface area is 124 Å². The normalized spacial score (nSPS) is 10.9. The molecule has 0 aromatic carbocycles. The van der Waals surface area contributed by atoms with Crippen LogP contribution in [-0.4, -0.2) is 30.2 Å². The number of nitrogens with zero attached hydrogens (tertiary/aromatic N) is 2. The van der Waals surface area contributed by atoms with Crippen LogP contribution in [0.2, 0.25) is 0 Å². The molecule has 0 saturated carbocycles. The zero-order chi connectivity index (χ0) is 14.2. The Kier molecular flexibility index (Phi) is 6.11. The van der Waals surface area contributed by atoms with Gasteiger partial charge < -0.3 is 10.1 Å². The zero-order valence-corrected chi connectivity index (χ0v) is 12.9. The van der Waals surface area contributed by atoms with Crippen molar-refractivity contribution in [3.05, 3.63) is 35.0 Å². The number of thiazole rings is 1. The molecule has 0 radical (unpaired) electrons. The molecule has 20 heavy (non-hydrogen) atoms. The number of aryl methyl sites for hydroxylation is 1. The van der Waals surface area contributed by atoms with Crippen molar-refractivity contribution in [3.8, 4) is 10.7 Å². The van der Waals surface area contributed by atoms with Gasteiger partial charge in [-0.1, -0.05) is 19.4 Å². The number of aromatic nitrogens is 2. The molecule has 2 aromatic rings. The summed E-state index contributed by atoms with van der Waals surface area (Å²) in [5.74, 6) is 0. The highest BCUT2D eigenvalue weighted by atomic mass is 32.1. The highest BCUT2D eigenvalue weighted by molar-refractivity contribution is 7.15. The van der Waals surface area contributed by atoms with Gasteiger partial charge in [0.25, 0.3) is 0 Å². The van der Waals surface area contributed by atoms with Crippen molar-refractivity contribution in [3.63, 3.8) is 0 Å². The zero-order valence-electron chi connectivity index (χ0n) is 12.1. The summed E-state index contributed by atoms with van der Waals surface area (Å²) >= 11 is 1.73. The van der Waals surface area contributed by atoms with E-state index in [1.54, 1.807) is 18.4 Å². The SMILES string of the molecule is CCCc1nc(-c2ccccn2)sc1CNCCOC. The van der Waals surface area contributed by atoms with E-state index in [4.69, 9.17) is 9.72 Å². The molecular formula is C15H21N3OS. The summed E-state index contributed by atoms with van der Waals surface area (Å²) in [6.45, 7) is 4.62. The molecule has 0 aliphatic carbocycles. The van der Waals surface area contributed by atoms with E-state index in [0.29, 0.717) is 0 Å². The number of rotatable bonds is 8. The fourth-order valence-electron chi connectivity index (χ4n) is 1.93. The number of hydrogen-bond acceptors (Lipinski definition) is 5. The summed E-state index contributed by atoms with van der Waals surface area (Å²) in [7, 11) is 1.72. The first-order valence-corrected chi connectivity index (χ1v) is 7.76. The highest BCUT2D eigenvalue weighted by Gasteiger charge is 2.12. The van der Waals surface area contributed by atoms with Gasteiger partial charge in [-0.3, -0.25) is 4.98 Å². The molecule has 0 fully saturated rings. The van der Waals surface area contributed by atoms with Crippen LogP contribution >= 0.6 is 11.3 Å². The first kappa shape index (κ1) is 15.1. The lowest BCUT2D eigenvalue weighted by atomic mass is 10.2. The van der Waals surface area contributed by atoms with Crippen molar-refractivity contribution in [2.45, 2.75) is 26.3 Å². The van der Waals surface area contributed by atoms with Gasteiger partial charge in [0.05, 0.1) is 18.0 Å².